The Morgan fingerprint density at radius 1 is 1.00 bits per heavy atom. The van der Waals surface area contributed by atoms with Crippen molar-refractivity contribution in [3.8, 4) is 5.75 Å². The highest BCUT2D eigenvalue weighted by atomic mass is 16.3. The molecule has 1 aromatic carbocycles. The molecule has 1 aromatic rings. The number of aromatic hydroxyl groups is 1. The first-order valence-electron chi connectivity index (χ1n) is 14.9. The summed E-state index contributed by atoms with van der Waals surface area (Å²) in [4.78, 5) is 41.6. The van der Waals surface area contributed by atoms with E-state index >= 15 is 0 Å². The maximum Gasteiger partial charge on any atom is 0.255 e. The number of hydrogen-bond donors (Lipinski definition) is 5. The molecule has 5 atom stereocenters. The van der Waals surface area contributed by atoms with Crippen LogP contribution in [0.15, 0.2) is 76.8 Å². The number of aliphatic hydroxyl groups is 3. The molecule has 1 fully saturated rings. The molecule has 2 unspecified atom stereocenters. The van der Waals surface area contributed by atoms with E-state index in [1.165, 1.54) is 24.5 Å². The van der Waals surface area contributed by atoms with E-state index in [0.717, 1.165) is 30.8 Å². The zero-order valence-electron chi connectivity index (χ0n) is 23.6. The van der Waals surface area contributed by atoms with Crippen molar-refractivity contribution in [2.75, 3.05) is 19.6 Å². The number of ketones is 2. The maximum absolute atomic E-state index is 14.0. The molecule has 222 valence electrons. The van der Waals surface area contributed by atoms with Gasteiger partial charge in [-0.25, -0.2) is 0 Å². The van der Waals surface area contributed by atoms with Gasteiger partial charge in [0.15, 0.2) is 11.4 Å². The summed E-state index contributed by atoms with van der Waals surface area (Å²) >= 11 is 0. The number of benzene rings is 1. The lowest BCUT2D eigenvalue weighted by atomic mass is 9.59. The molecule has 6 aliphatic rings. The van der Waals surface area contributed by atoms with E-state index in [-0.39, 0.29) is 48.0 Å². The summed E-state index contributed by atoms with van der Waals surface area (Å²) in [6.45, 7) is 3.11. The van der Waals surface area contributed by atoms with Gasteiger partial charge in [0.1, 0.15) is 22.8 Å². The smallest absolute Gasteiger partial charge is 0.255 e. The van der Waals surface area contributed by atoms with Crippen molar-refractivity contribution >= 4 is 23.0 Å². The van der Waals surface area contributed by atoms with E-state index in [1.54, 1.807) is 0 Å². The summed E-state index contributed by atoms with van der Waals surface area (Å²) in [6.07, 6.45) is 15.4. The molecular formula is C34H34N2O7. The van der Waals surface area contributed by atoms with Crippen LogP contribution in [-0.4, -0.2) is 68.0 Å². The Bertz CT molecular complexity index is 1670. The van der Waals surface area contributed by atoms with Crippen LogP contribution in [0.5, 0.6) is 5.75 Å². The quantitative estimate of drug-likeness (QED) is 0.338. The zero-order valence-corrected chi connectivity index (χ0v) is 23.6. The second-order valence-electron chi connectivity index (χ2n) is 12.6. The van der Waals surface area contributed by atoms with Crippen molar-refractivity contribution in [2.45, 2.75) is 37.7 Å². The van der Waals surface area contributed by atoms with Crippen molar-refractivity contribution in [3.63, 3.8) is 0 Å². The molecule has 0 radical (unpaired) electrons. The molecule has 43 heavy (non-hydrogen) atoms. The molecule has 0 bridgehead atoms. The molecule has 1 aliphatic heterocycles. The van der Waals surface area contributed by atoms with Gasteiger partial charge in [-0.2, -0.15) is 0 Å². The van der Waals surface area contributed by atoms with Crippen molar-refractivity contribution in [1.82, 2.24) is 4.90 Å². The van der Waals surface area contributed by atoms with Gasteiger partial charge in [0.25, 0.3) is 5.91 Å². The van der Waals surface area contributed by atoms with E-state index in [0.29, 0.717) is 5.56 Å². The fourth-order valence-electron chi connectivity index (χ4n) is 8.19. The van der Waals surface area contributed by atoms with E-state index in [4.69, 9.17) is 5.73 Å². The molecule has 0 spiro atoms. The number of carbonyl (C=O) groups is 3. The Morgan fingerprint density at radius 3 is 2.44 bits per heavy atom. The summed E-state index contributed by atoms with van der Waals surface area (Å²) in [5.41, 5.74) is 5.69. The normalized spacial score (nSPS) is 31.7. The number of phenols is 1. The summed E-state index contributed by atoms with van der Waals surface area (Å²) < 4.78 is 0. The van der Waals surface area contributed by atoms with Crippen LogP contribution in [0.1, 0.15) is 47.2 Å². The fraction of sp³-hybridized carbons (Fsp3) is 0.382. The van der Waals surface area contributed by atoms with Gasteiger partial charge in [-0.15, -0.1) is 0 Å². The standard InChI is InChI=1S/C34H34N2O7/c35-33(42)29-26(38)15-19-13-18-14-24-23(9-10-25(37)28(24)30(39)27(18)31(40)34(19,43)32(29)41)22-8-7-17(16-36-11-3-4-12-36)20-5-1-2-6-21(20)22/h1-2,5-10,18-21,37-38,40,43H,3-4,11-16H2,(H2,35,42)/t18-,19+,20?,21?,34+/m1/s1. The number of nitrogens with zero attached hydrogens (tertiary/aromatic N) is 1. The lowest BCUT2D eigenvalue weighted by Gasteiger charge is -2.46. The first kappa shape index (κ1) is 27.6. The highest BCUT2D eigenvalue weighted by Crippen LogP contribution is 2.53. The van der Waals surface area contributed by atoms with Crippen molar-refractivity contribution in [3.05, 3.63) is 93.5 Å². The highest BCUT2D eigenvalue weighted by molar-refractivity contribution is 6.24. The third-order valence-corrected chi connectivity index (χ3v) is 10.3. The van der Waals surface area contributed by atoms with Gasteiger partial charge >= 0.3 is 0 Å². The molecule has 6 N–H and O–H groups in total. The van der Waals surface area contributed by atoms with Crippen molar-refractivity contribution in [2.24, 2.45) is 29.4 Å². The predicted molar refractivity (Wildman–Crippen MR) is 158 cm³/mol. The topological polar surface area (TPSA) is 161 Å². The Hall–Kier alpha value is -4.21. The molecule has 5 aliphatic carbocycles. The van der Waals surface area contributed by atoms with Gasteiger partial charge in [0.2, 0.25) is 5.78 Å². The number of hydrogen-bond acceptors (Lipinski definition) is 8. The predicted octanol–water partition coefficient (Wildman–Crippen LogP) is 3.36. The number of aliphatic hydroxyl groups excluding tert-OH is 2. The first-order chi connectivity index (χ1) is 20.6. The fourth-order valence-corrected chi connectivity index (χ4v) is 8.19. The summed E-state index contributed by atoms with van der Waals surface area (Å²) in [7, 11) is 0. The number of amides is 1. The number of primary amides is 1. The molecule has 1 saturated heterocycles. The van der Waals surface area contributed by atoms with Crippen LogP contribution in [-0.2, 0) is 16.0 Å². The SMILES string of the molecule is NC(=O)C1=C(O)C[C@@H]2C[C@@H]3Cc4c(C5=CC=C(CN6CCCC6)C6C=CC=CC56)ccc(O)c4C(=O)C3=C(O)[C@]2(O)C1=O. The van der Waals surface area contributed by atoms with E-state index < -0.39 is 52.0 Å². The van der Waals surface area contributed by atoms with Gasteiger partial charge in [0, 0.05) is 36.3 Å². The number of allylic oxidation sites excluding steroid dienone is 9. The average molecular weight is 583 g/mol. The molecule has 9 nitrogen and oxygen atoms in total. The molecule has 1 heterocycles. The van der Waals surface area contributed by atoms with Crippen LogP contribution >= 0.6 is 0 Å². The summed E-state index contributed by atoms with van der Waals surface area (Å²) in [5, 5.41) is 44.2. The van der Waals surface area contributed by atoms with Gasteiger partial charge < -0.3 is 26.2 Å². The van der Waals surface area contributed by atoms with E-state index in [1.807, 2.05) is 12.1 Å². The number of fused-ring (bicyclic) bond motifs is 4. The van der Waals surface area contributed by atoms with Gasteiger partial charge in [-0.3, -0.25) is 19.3 Å². The number of likely N-dealkylation sites (tertiary alicyclic amines) is 1. The Morgan fingerprint density at radius 2 is 1.72 bits per heavy atom. The van der Waals surface area contributed by atoms with Gasteiger partial charge in [0.05, 0.1) is 5.56 Å². The molecule has 1 amide bonds. The minimum absolute atomic E-state index is 0.0359. The Kier molecular flexibility index (Phi) is 6.37. The minimum Gasteiger partial charge on any atom is -0.511 e. The zero-order chi connectivity index (χ0) is 30.2. The molecule has 7 rings (SSSR count). The van der Waals surface area contributed by atoms with Crippen LogP contribution < -0.4 is 5.73 Å². The Labute approximate surface area is 248 Å². The third-order valence-electron chi connectivity index (χ3n) is 10.3. The number of phenolic OH excluding ortho intramolecular Hbond substituents is 1. The first-order valence-corrected chi connectivity index (χ1v) is 14.9. The lowest BCUT2D eigenvalue weighted by molar-refractivity contribution is -0.144. The van der Waals surface area contributed by atoms with Crippen LogP contribution in [0.3, 0.4) is 0 Å². The second-order valence-corrected chi connectivity index (χ2v) is 12.6. The molecular weight excluding hydrogens is 548 g/mol. The van der Waals surface area contributed by atoms with E-state index in [9.17, 15) is 34.8 Å². The van der Waals surface area contributed by atoms with Crippen LogP contribution in [0.4, 0.5) is 0 Å². The third kappa shape index (κ3) is 4.02. The second kappa shape index (κ2) is 9.92. The largest absolute Gasteiger partial charge is 0.511 e. The molecule has 0 aromatic heterocycles. The molecule has 9 heteroatoms. The van der Waals surface area contributed by atoms with Crippen molar-refractivity contribution in [1.29, 1.82) is 0 Å². The Balaban J connectivity index is 1.32. The number of carbonyl (C=O) groups excluding carboxylic acids is 3. The highest BCUT2D eigenvalue weighted by Gasteiger charge is 2.59. The summed E-state index contributed by atoms with van der Waals surface area (Å²) in [5.74, 6) is -6.06. The monoisotopic (exact) mass is 582 g/mol. The number of rotatable bonds is 4. The van der Waals surface area contributed by atoms with E-state index in [2.05, 4.69) is 35.3 Å². The van der Waals surface area contributed by atoms with Crippen LogP contribution in [0.25, 0.3) is 5.57 Å². The van der Waals surface area contributed by atoms with Crippen molar-refractivity contribution < 1.29 is 34.8 Å². The lowest BCUT2D eigenvalue weighted by Crippen LogP contribution is -2.57. The van der Waals surface area contributed by atoms with Crippen LogP contribution in [0.2, 0.25) is 0 Å². The maximum atomic E-state index is 14.0. The van der Waals surface area contributed by atoms with Gasteiger partial charge in [-0.05, 0) is 73.0 Å². The summed E-state index contributed by atoms with van der Waals surface area (Å²) in [6, 6.07) is 3.31. The average Bonchev–Trinajstić information content (AvgIpc) is 3.49. The number of Topliss-reactive ketones (excluding diaryl/α,β-unsaturated/α-hetero) is 2. The van der Waals surface area contributed by atoms with Gasteiger partial charge in [-0.1, -0.05) is 42.5 Å². The minimum atomic E-state index is -2.57. The number of nitrogens with two attached hydrogens (primary N) is 1. The molecule has 0 saturated carbocycles. The van der Waals surface area contributed by atoms with Crippen LogP contribution in [0, 0.1) is 23.7 Å².